The van der Waals surface area contributed by atoms with E-state index in [1.807, 2.05) is 6.92 Å². The number of hydrogen-bond donors (Lipinski definition) is 2. The average molecular weight is 536 g/mol. The number of quaternary nitrogens is 1. The van der Waals surface area contributed by atoms with E-state index in [0.717, 1.165) is 30.3 Å². The minimum absolute atomic E-state index is 0.155. The summed E-state index contributed by atoms with van der Waals surface area (Å²) in [6, 6.07) is 0. The van der Waals surface area contributed by atoms with Gasteiger partial charge in [0.15, 0.2) is 0 Å². The number of alkyl carbamates (subject to hydrolysis) is 1. The van der Waals surface area contributed by atoms with Gasteiger partial charge in [0, 0.05) is 6.54 Å². The monoisotopic (exact) mass is 535 g/mol. The summed E-state index contributed by atoms with van der Waals surface area (Å²) < 4.78 is 17.1. The molecule has 216 valence electrons. The Morgan fingerprint density at radius 3 is 1.69 bits per heavy atom. The predicted molar refractivity (Wildman–Crippen MR) is 152 cm³/mol. The van der Waals surface area contributed by atoms with E-state index in [4.69, 9.17) is 13.8 Å². The fourth-order valence-electron chi connectivity index (χ4n) is 4.01. The first-order valence-electron chi connectivity index (χ1n) is 14.8. The Morgan fingerprint density at radius 1 is 0.778 bits per heavy atom. The Balaban J connectivity index is 3.82. The molecule has 0 fully saturated rings. The second kappa shape index (κ2) is 24.9. The number of amides is 1. The van der Waals surface area contributed by atoms with Crippen LogP contribution >= 0.6 is 8.60 Å². The molecule has 8 heteroatoms. The summed E-state index contributed by atoms with van der Waals surface area (Å²) in [6.45, 7) is 6.01. The number of ether oxygens (including phenoxy) is 1. The molecule has 2 atom stereocenters. The minimum Gasteiger partial charge on any atom is -0.444 e. The van der Waals surface area contributed by atoms with E-state index in [1.54, 1.807) is 0 Å². The zero-order valence-corrected chi connectivity index (χ0v) is 25.3. The van der Waals surface area contributed by atoms with Crippen molar-refractivity contribution >= 4 is 14.7 Å². The molecule has 0 aliphatic rings. The molecule has 0 rings (SSSR count). The third kappa shape index (κ3) is 26.6. The highest BCUT2D eigenvalue weighted by Gasteiger charge is 2.18. The Labute approximate surface area is 224 Å². The number of likely N-dealkylation sites (N-methyl/N-ethyl adjacent to an activating group) is 1. The summed E-state index contributed by atoms with van der Waals surface area (Å²) in [4.78, 5) is 21.9. The van der Waals surface area contributed by atoms with E-state index in [9.17, 15) is 9.69 Å². The van der Waals surface area contributed by atoms with E-state index in [1.165, 1.54) is 89.9 Å². The molecule has 0 aliphatic heterocycles. The summed E-state index contributed by atoms with van der Waals surface area (Å²) in [5, 5.41) is 2.66. The van der Waals surface area contributed by atoms with Crippen molar-refractivity contribution in [2.75, 3.05) is 47.4 Å². The number of carbonyl (C=O) groups excluding carboxylic acids is 1. The molecule has 2 N–H and O–H groups in total. The van der Waals surface area contributed by atoms with Crippen molar-refractivity contribution in [3.8, 4) is 0 Å². The van der Waals surface area contributed by atoms with Crippen LogP contribution in [0.2, 0.25) is 0 Å². The number of unbranched alkanes of at least 4 members (excludes halogenated alkanes) is 15. The van der Waals surface area contributed by atoms with E-state index >= 15 is 0 Å². The lowest BCUT2D eigenvalue weighted by molar-refractivity contribution is -0.870. The van der Waals surface area contributed by atoms with Gasteiger partial charge in [0.25, 0.3) is 0 Å². The van der Waals surface area contributed by atoms with Gasteiger partial charge in [-0.05, 0) is 19.8 Å². The third-order valence-electron chi connectivity index (χ3n) is 6.31. The lowest BCUT2D eigenvalue weighted by Crippen LogP contribution is -2.37. The highest BCUT2D eigenvalue weighted by Crippen LogP contribution is 2.33. The van der Waals surface area contributed by atoms with Crippen LogP contribution < -0.4 is 5.32 Å². The first-order valence-corrected chi connectivity index (χ1v) is 15.9. The summed E-state index contributed by atoms with van der Waals surface area (Å²) in [6.07, 6.45) is 21.2. The highest BCUT2D eigenvalue weighted by molar-refractivity contribution is 7.40. The van der Waals surface area contributed by atoms with Gasteiger partial charge in [-0.2, -0.15) is 0 Å². The lowest BCUT2D eigenvalue weighted by Gasteiger charge is -2.24. The molecule has 0 aromatic heterocycles. The van der Waals surface area contributed by atoms with Gasteiger partial charge >= 0.3 is 14.7 Å². The first kappa shape index (κ1) is 35.5. The molecule has 0 bridgehead atoms. The highest BCUT2D eigenvalue weighted by atomic mass is 31.2. The van der Waals surface area contributed by atoms with Crippen molar-refractivity contribution < 1.29 is 28.0 Å². The molecule has 0 saturated carbocycles. The van der Waals surface area contributed by atoms with Crippen LogP contribution in [0.3, 0.4) is 0 Å². The van der Waals surface area contributed by atoms with E-state index in [2.05, 4.69) is 33.4 Å². The molecule has 7 nitrogen and oxygen atoms in total. The maximum atomic E-state index is 11.9. The first-order chi connectivity index (χ1) is 17.3. The van der Waals surface area contributed by atoms with E-state index in [-0.39, 0.29) is 12.7 Å². The molecular formula is C28H60N2O5P+. The zero-order chi connectivity index (χ0) is 26.9. The molecule has 0 aromatic rings. The van der Waals surface area contributed by atoms with E-state index < -0.39 is 14.7 Å². The smallest absolute Gasteiger partial charge is 0.407 e. The maximum Gasteiger partial charge on any atom is 0.407 e. The third-order valence-corrected chi connectivity index (χ3v) is 7.08. The van der Waals surface area contributed by atoms with Crippen molar-refractivity contribution in [1.29, 1.82) is 0 Å². The van der Waals surface area contributed by atoms with Gasteiger partial charge in [0.2, 0.25) is 0 Å². The molecule has 2 unspecified atom stereocenters. The summed E-state index contributed by atoms with van der Waals surface area (Å²) in [5.74, 6) is 0. The van der Waals surface area contributed by atoms with Crippen molar-refractivity contribution in [3.63, 3.8) is 0 Å². The van der Waals surface area contributed by atoms with Crippen molar-refractivity contribution in [3.05, 3.63) is 0 Å². The maximum absolute atomic E-state index is 11.9. The summed E-state index contributed by atoms with van der Waals surface area (Å²) >= 11 is 0. The summed E-state index contributed by atoms with van der Waals surface area (Å²) in [5.41, 5.74) is 0. The lowest BCUT2D eigenvalue weighted by atomic mass is 10.0. The molecule has 0 saturated heterocycles. The molecule has 36 heavy (non-hydrogen) atoms. The zero-order valence-electron chi connectivity index (χ0n) is 24.4. The van der Waals surface area contributed by atoms with Gasteiger partial charge in [-0.3, -0.25) is 0 Å². The minimum atomic E-state index is -1.96. The van der Waals surface area contributed by atoms with Crippen LogP contribution in [0.5, 0.6) is 0 Å². The normalized spacial score (nSPS) is 13.5. The standard InChI is InChI=1S/C28H59N2O5P/c1-6-8-9-10-11-12-13-14-15-16-17-18-19-20-21-22-23-27(35-28(31)29-7-2)26-34-36(32)33-25-24-30(3,4)5/h27,32H,6-26H2,1-5H3/p+1. The summed E-state index contributed by atoms with van der Waals surface area (Å²) in [7, 11) is 4.24. The van der Waals surface area contributed by atoms with Crippen LogP contribution in [0.15, 0.2) is 0 Å². The fourth-order valence-corrected chi connectivity index (χ4v) is 4.62. The van der Waals surface area contributed by atoms with Crippen LogP contribution in [0.4, 0.5) is 4.79 Å². The predicted octanol–water partition coefficient (Wildman–Crippen LogP) is 7.71. The molecular weight excluding hydrogens is 475 g/mol. The molecule has 0 heterocycles. The van der Waals surface area contributed by atoms with Gasteiger partial charge in [-0.15, -0.1) is 0 Å². The quantitative estimate of drug-likeness (QED) is 0.0674. The SMILES string of the molecule is CCCCCCCCCCCCCCCCCCC(COP(O)OCC[N+](C)(C)C)OC(=O)NCC. The number of nitrogens with one attached hydrogen (secondary N) is 1. The number of hydrogen-bond acceptors (Lipinski definition) is 5. The van der Waals surface area contributed by atoms with Gasteiger partial charge in [-0.25, -0.2) is 4.79 Å². The molecule has 0 aromatic carbocycles. The fraction of sp³-hybridized carbons (Fsp3) is 0.964. The molecule has 1 amide bonds. The number of carbonyl (C=O) groups is 1. The van der Waals surface area contributed by atoms with Crippen LogP contribution in [0, 0.1) is 0 Å². The van der Waals surface area contributed by atoms with Gasteiger partial charge in [-0.1, -0.05) is 103 Å². The number of rotatable bonds is 26. The van der Waals surface area contributed by atoms with Gasteiger partial charge in [0.1, 0.15) is 19.3 Å². The Morgan fingerprint density at radius 2 is 1.25 bits per heavy atom. The van der Waals surface area contributed by atoms with Gasteiger partial charge < -0.3 is 28.5 Å². The van der Waals surface area contributed by atoms with Crippen LogP contribution in [0.1, 0.15) is 123 Å². The van der Waals surface area contributed by atoms with Gasteiger partial charge in [0.05, 0.1) is 27.7 Å². The second-order valence-corrected chi connectivity index (χ2v) is 12.0. The Kier molecular flexibility index (Phi) is 24.5. The molecule has 0 spiro atoms. The van der Waals surface area contributed by atoms with Crippen molar-refractivity contribution in [2.45, 2.75) is 129 Å². The second-order valence-electron chi connectivity index (χ2n) is 11.0. The van der Waals surface area contributed by atoms with Crippen molar-refractivity contribution in [1.82, 2.24) is 5.32 Å². The van der Waals surface area contributed by atoms with Crippen molar-refractivity contribution in [2.24, 2.45) is 0 Å². The van der Waals surface area contributed by atoms with E-state index in [0.29, 0.717) is 13.2 Å². The average Bonchev–Trinajstić information content (AvgIpc) is 2.81. The van der Waals surface area contributed by atoms with Crippen LogP contribution in [-0.2, 0) is 13.8 Å². The molecule has 0 radical (unpaired) electrons. The van der Waals surface area contributed by atoms with Crippen LogP contribution in [0.25, 0.3) is 0 Å². The molecule has 0 aliphatic carbocycles. The number of nitrogens with zero attached hydrogens (tertiary/aromatic N) is 1. The van der Waals surface area contributed by atoms with Crippen LogP contribution in [-0.4, -0.2) is 69.0 Å². The Bertz CT molecular complexity index is 491. The topological polar surface area (TPSA) is 77.0 Å². The largest absolute Gasteiger partial charge is 0.444 e. The Hall–Kier alpha value is -0.460.